The Morgan fingerprint density at radius 3 is 2.67 bits per heavy atom. The van der Waals surface area contributed by atoms with E-state index in [0.29, 0.717) is 18.5 Å². The average molecular weight is 280 g/mol. The van der Waals surface area contributed by atoms with E-state index in [1.54, 1.807) is 17.0 Å². The van der Waals surface area contributed by atoms with Crippen LogP contribution in [0.5, 0.6) is 5.75 Å². The normalized spacial score (nSPS) is 10.7. The predicted octanol–water partition coefficient (Wildman–Crippen LogP) is 2.78. The number of ether oxygens (including phenoxy) is 1. The molecule has 0 fully saturated rings. The van der Waals surface area contributed by atoms with Crippen molar-refractivity contribution in [3.63, 3.8) is 0 Å². The molecule has 0 bridgehead atoms. The van der Waals surface area contributed by atoms with Gasteiger partial charge in [0.25, 0.3) is 5.56 Å². The molecular weight excluding hydrogens is 264 g/mol. The van der Waals surface area contributed by atoms with Gasteiger partial charge in [-0.3, -0.25) is 9.36 Å². The first-order chi connectivity index (χ1) is 10.2. The van der Waals surface area contributed by atoms with Crippen molar-refractivity contribution < 1.29 is 4.74 Å². The number of rotatable bonds is 4. The molecule has 1 heterocycles. The molecule has 3 rings (SSSR count). The van der Waals surface area contributed by atoms with Crippen LogP contribution in [0.3, 0.4) is 0 Å². The number of hydrogen-bond acceptors (Lipinski definition) is 3. The second-order valence-corrected chi connectivity index (χ2v) is 4.92. The van der Waals surface area contributed by atoms with Crippen molar-refractivity contribution in [2.24, 2.45) is 0 Å². The van der Waals surface area contributed by atoms with E-state index in [9.17, 15) is 4.79 Å². The van der Waals surface area contributed by atoms with Gasteiger partial charge >= 0.3 is 0 Å². The first-order valence-corrected chi connectivity index (χ1v) is 6.88. The number of hydrogen-bond donors (Lipinski definition) is 0. The number of fused-ring (bicyclic) bond motifs is 1. The van der Waals surface area contributed by atoms with Crippen LogP contribution < -0.4 is 10.3 Å². The smallest absolute Gasteiger partial charge is 0.261 e. The molecule has 0 aliphatic rings. The van der Waals surface area contributed by atoms with E-state index < -0.39 is 0 Å². The highest BCUT2D eigenvalue weighted by Gasteiger charge is 2.03. The van der Waals surface area contributed by atoms with E-state index in [1.165, 1.54) is 5.56 Å². The second kappa shape index (κ2) is 5.79. The molecule has 0 atom stereocenters. The fraction of sp³-hybridized carbons (Fsp3) is 0.176. The highest BCUT2D eigenvalue weighted by Crippen LogP contribution is 2.11. The van der Waals surface area contributed by atoms with E-state index in [-0.39, 0.29) is 5.56 Å². The van der Waals surface area contributed by atoms with Crippen molar-refractivity contribution in [2.45, 2.75) is 13.5 Å². The summed E-state index contributed by atoms with van der Waals surface area (Å²) in [5.41, 5.74) is 1.88. The lowest BCUT2D eigenvalue weighted by Crippen LogP contribution is -2.23. The lowest BCUT2D eigenvalue weighted by Gasteiger charge is -2.09. The van der Waals surface area contributed by atoms with Crippen molar-refractivity contribution in [3.8, 4) is 5.75 Å². The summed E-state index contributed by atoms with van der Waals surface area (Å²) in [6.07, 6.45) is 1.57. The Bertz CT molecular complexity index is 807. The first kappa shape index (κ1) is 13.4. The third-order valence-electron chi connectivity index (χ3n) is 3.35. The van der Waals surface area contributed by atoms with Gasteiger partial charge in [-0.2, -0.15) is 0 Å². The Balaban J connectivity index is 1.72. The molecule has 0 spiro atoms. The summed E-state index contributed by atoms with van der Waals surface area (Å²) in [4.78, 5) is 16.6. The highest BCUT2D eigenvalue weighted by atomic mass is 16.5. The van der Waals surface area contributed by atoms with Gasteiger partial charge in [0.15, 0.2) is 0 Å². The maximum atomic E-state index is 12.3. The van der Waals surface area contributed by atoms with Gasteiger partial charge in [0.1, 0.15) is 12.4 Å². The maximum absolute atomic E-state index is 12.3. The standard InChI is InChI=1S/C17H16N2O2/c1-13-6-8-14(9-7-13)21-11-10-19-12-18-16-5-3-2-4-15(16)17(19)20/h2-9,12H,10-11H2,1H3. The molecule has 3 aromatic rings. The molecule has 21 heavy (non-hydrogen) atoms. The third kappa shape index (κ3) is 2.94. The minimum Gasteiger partial charge on any atom is -0.492 e. The fourth-order valence-electron chi connectivity index (χ4n) is 2.16. The molecule has 2 aromatic carbocycles. The van der Waals surface area contributed by atoms with Crippen molar-refractivity contribution >= 4 is 10.9 Å². The van der Waals surface area contributed by atoms with Crippen molar-refractivity contribution in [1.29, 1.82) is 0 Å². The molecule has 0 radical (unpaired) electrons. The van der Waals surface area contributed by atoms with Crippen molar-refractivity contribution in [2.75, 3.05) is 6.61 Å². The Hall–Kier alpha value is -2.62. The van der Waals surface area contributed by atoms with Crippen LogP contribution in [0.25, 0.3) is 10.9 Å². The van der Waals surface area contributed by atoms with Gasteiger partial charge in [-0.25, -0.2) is 4.98 Å². The third-order valence-corrected chi connectivity index (χ3v) is 3.35. The molecule has 0 N–H and O–H groups in total. The Labute approximate surface area is 122 Å². The van der Waals surface area contributed by atoms with Crippen LogP contribution in [-0.2, 0) is 6.54 Å². The molecular formula is C17H16N2O2. The lowest BCUT2D eigenvalue weighted by molar-refractivity contribution is 0.296. The van der Waals surface area contributed by atoms with Gasteiger partial charge in [0.2, 0.25) is 0 Å². The lowest BCUT2D eigenvalue weighted by atomic mass is 10.2. The van der Waals surface area contributed by atoms with Gasteiger partial charge in [-0.15, -0.1) is 0 Å². The molecule has 4 nitrogen and oxygen atoms in total. The van der Waals surface area contributed by atoms with Crippen LogP contribution in [0.15, 0.2) is 59.7 Å². The van der Waals surface area contributed by atoms with Crippen LogP contribution in [0.1, 0.15) is 5.56 Å². The molecule has 0 unspecified atom stereocenters. The summed E-state index contributed by atoms with van der Waals surface area (Å²) in [5, 5.41) is 0.635. The van der Waals surface area contributed by atoms with Gasteiger partial charge in [0.05, 0.1) is 23.8 Å². The van der Waals surface area contributed by atoms with E-state index in [1.807, 2.05) is 49.4 Å². The summed E-state index contributed by atoms with van der Waals surface area (Å²) in [5.74, 6) is 0.808. The molecule has 0 aliphatic heterocycles. The number of benzene rings is 2. The van der Waals surface area contributed by atoms with Crippen LogP contribution in [-0.4, -0.2) is 16.2 Å². The summed E-state index contributed by atoms with van der Waals surface area (Å²) >= 11 is 0. The number of nitrogens with zero attached hydrogens (tertiary/aromatic N) is 2. The molecule has 0 saturated carbocycles. The van der Waals surface area contributed by atoms with Crippen molar-refractivity contribution in [3.05, 3.63) is 70.8 Å². The summed E-state index contributed by atoms with van der Waals surface area (Å²) in [7, 11) is 0. The van der Waals surface area contributed by atoms with Crippen molar-refractivity contribution in [1.82, 2.24) is 9.55 Å². The zero-order chi connectivity index (χ0) is 14.7. The Morgan fingerprint density at radius 1 is 1.10 bits per heavy atom. The summed E-state index contributed by atoms with van der Waals surface area (Å²) in [6.45, 7) is 2.94. The van der Waals surface area contributed by atoms with E-state index in [2.05, 4.69) is 4.98 Å². The minimum atomic E-state index is -0.0342. The first-order valence-electron chi connectivity index (χ1n) is 6.88. The largest absolute Gasteiger partial charge is 0.492 e. The predicted molar refractivity (Wildman–Crippen MR) is 82.7 cm³/mol. The zero-order valence-corrected chi connectivity index (χ0v) is 11.8. The molecule has 106 valence electrons. The summed E-state index contributed by atoms with van der Waals surface area (Å²) < 4.78 is 7.22. The Morgan fingerprint density at radius 2 is 1.86 bits per heavy atom. The van der Waals surface area contributed by atoms with E-state index in [4.69, 9.17) is 4.74 Å². The van der Waals surface area contributed by atoms with E-state index >= 15 is 0 Å². The highest BCUT2D eigenvalue weighted by molar-refractivity contribution is 5.76. The SMILES string of the molecule is Cc1ccc(OCCn2cnc3ccccc3c2=O)cc1. The molecule has 1 aromatic heterocycles. The monoisotopic (exact) mass is 280 g/mol. The van der Waals surface area contributed by atoms with Crippen LogP contribution >= 0.6 is 0 Å². The average Bonchev–Trinajstić information content (AvgIpc) is 2.52. The van der Waals surface area contributed by atoms with Crippen LogP contribution in [0, 0.1) is 6.92 Å². The fourth-order valence-corrected chi connectivity index (χ4v) is 2.16. The van der Waals surface area contributed by atoms with Crippen LogP contribution in [0.2, 0.25) is 0 Å². The minimum absolute atomic E-state index is 0.0342. The molecule has 0 saturated heterocycles. The van der Waals surface area contributed by atoms with Gasteiger partial charge in [-0.05, 0) is 31.2 Å². The Kier molecular flexibility index (Phi) is 3.69. The molecule has 4 heteroatoms. The topological polar surface area (TPSA) is 44.1 Å². The molecule has 0 aliphatic carbocycles. The van der Waals surface area contributed by atoms with Gasteiger partial charge in [0, 0.05) is 0 Å². The number of aromatic nitrogens is 2. The number of para-hydroxylation sites is 1. The van der Waals surface area contributed by atoms with E-state index in [0.717, 1.165) is 11.3 Å². The zero-order valence-electron chi connectivity index (χ0n) is 11.8. The van der Waals surface area contributed by atoms with Gasteiger partial charge in [-0.1, -0.05) is 29.8 Å². The second-order valence-electron chi connectivity index (χ2n) is 4.92. The summed E-state index contributed by atoms with van der Waals surface area (Å²) in [6, 6.07) is 15.2. The van der Waals surface area contributed by atoms with Gasteiger partial charge < -0.3 is 4.74 Å². The molecule has 0 amide bonds. The maximum Gasteiger partial charge on any atom is 0.261 e. The number of aryl methyl sites for hydroxylation is 1. The van der Waals surface area contributed by atoms with Crippen LogP contribution in [0.4, 0.5) is 0 Å². The quantitative estimate of drug-likeness (QED) is 0.738.